The van der Waals surface area contributed by atoms with Crippen LogP contribution in [0.4, 0.5) is 0 Å². The van der Waals surface area contributed by atoms with Crippen molar-refractivity contribution in [3.8, 4) is 5.75 Å². The van der Waals surface area contributed by atoms with E-state index in [1.54, 1.807) is 12.7 Å². The molecule has 5 atom stereocenters. The van der Waals surface area contributed by atoms with Gasteiger partial charge < -0.3 is 14.2 Å². The number of nitrogens with zero attached hydrogens (tertiary/aromatic N) is 1. The maximum Gasteiger partial charge on any atom is 0.307 e. The molecule has 0 amide bonds. The lowest BCUT2D eigenvalue weighted by Gasteiger charge is -2.50. The van der Waals surface area contributed by atoms with Crippen molar-refractivity contribution in [2.75, 3.05) is 40.0 Å². The van der Waals surface area contributed by atoms with Crippen LogP contribution < -0.4 is 4.74 Å². The fraction of sp³-hybridized carbons (Fsp3) is 0.731. The van der Waals surface area contributed by atoms with Gasteiger partial charge in [0.25, 0.3) is 0 Å². The number of morpholine rings is 1. The van der Waals surface area contributed by atoms with Gasteiger partial charge in [-0.15, -0.1) is 0 Å². The highest BCUT2D eigenvalue weighted by Crippen LogP contribution is 2.61. The van der Waals surface area contributed by atoms with Crippen LogP contribution in [-0.2, 0) is 20.7 Å². The second kappa shape index (κ2) is 8.74. The number of benzene rings is 1. The highest BCUT2D eigenvalue weighted by Gasteiger charge is 2.56. The summed E-state index contributed by atoms with van der Waals surface area (Å²) >= 11 is 0. The van der Waals surface area contributed by atoms with Crippen LogP contribution in [-0.4, -0.2) is 56.9 Å². The molecule has 1 aromatic rings. The van der Waals surface area contributed by atoms with Crippen molar-refractivity contribution in [3.63, 3.8) is 0 Å². The summed E-state index contributed by atoms with van der Waals surface area (Å²) in [5.74, 6) is 3.00. The second-order valence-corrected chi connectivity index (χ2v) is 10.3. The monoisotopic (exact) mass is 427 g/mol. The van der Waals surface area contributed by atoms with Crippen molar-refractivity contribution in [3.05, 3.63) is 29.3 Å². The van der Waals surface area contributed by atoms with Gasteiger partial charge in [0.2, 0.25) is 0 Å². The molecule has 0 aromatic heterocycles. The summed E-state index contributed by atoms with van der Waals surface area (Å²) in [6.45, 7) is 6.59. The normalized spacial score (nSPS) is 35.0. The Morgan fingerprint density at radius 1 is 1.19 bits per heavy atom. The van der Waals surface area contributed by atoms with E-state index in [-0.39, 0.29) is 17.5 Å². The largest absolute Gasteiger partial charge is 0.497 e. The van der Waals surface area contributed by atoms with Crippen LogP contribution in [0.3, 0.4) is 0 Å². The molecule has 1 aliphatic heterocycles. The van der Waals surface area contributed by atoms with Gasteiger partial charge in [-0.25, -0.2) is 0 Å². The Morgan fingerprint density at radius 3 is 2.84 bits per heavy atom. The molecule has 0 bridgehead atoms. The van der Waals surface area contributed by atoms with E-state index >= 15 is 0 Å². The average Bonchev–Trinajstić information content (AvgIpc) is 3.13. The summed E-state index contributed by atoms with van der Waals surface area (Å²) in [5.41, 5.74) is 3.16. The van der Waals surface area contributed by atoms with Crippen molar-refractivity contribution < 1.29 is 19.0 Å². The van der Waals surface area contributed by atoms with Crippen LogP contribution in [0.15, 0.2) is 18.2 Å². The Kier molecular flexibility index (Phi) is 6.00. The van der Waals surface area contributed by atoms with E-state index in [0.29, 0.717) is 18.3 Å². The number of methoxy groups -OCH3 is 1. The number of fused-ring (bicyclic) bond motifs is 5. The van der Waals surface area contributed by atoms with Gasteiger partial charge in [-0.05, 0) is 79.5 Å². The summed E-state index contributed by atoms with van der Waals surface area (Å²) in [4.78, 5) is 15.0. The van der Waals surface area contributed by atoms with Gasteiger partial charge in [-0.3, -0.25) is 9.69 Å². The predicted octanol–water partition coefficient (Wildman–Crippen LogP) is 4.19. The molecule has 5 unspecified atom stereocenters. The van der Waals surface area contributed by atoms with Crippen LogP contribution in [0.25, 0.3) is 0 Å². The molecule has 1 saturated heterocycles. The van der Waals surface area contributed by atoms with E-state index < -0.39 is 0 Å². The minimum absolute atomic E-state index is 0.0124. The van der Waals surface area contributed by atoms with Crippen molar-refractivity contribution in [2.24, 2.45) is 17.3 Å². The summed E-state index contributed by atoms with van der Waals surface area (Å²) < 4.78 is 17.0. The molecular formula is C26H37NO4. The maximum atomic E-state index is 12.7. The van der Waals surface area contributed by atoms with E-state index in [0.717, 1.165) is 63.8 Å². The third kappa shape index (κ3) is 4.00. The van der Waals surface area contributed by atoms with Crippen molar-refractivity contribution in [1.82, 2.24) is 4.90 Å². The first-order valence-electron chi connectivity index (χ1n) is 12.2. The zero-order valence-electron chi connectivity index (χ0n) is 19.1. The first-order valence-corrected chi connectivity index (χ1v) is 12.2. The van der Waals surface area contributed by atoms with Gasteiger partial charge in [-0.2, -0.15) is 0 Å². The Bertz CT molecular complexity index is 805. The molecule has 2 saturated carbocycles. The summed E-state index contributed by atoms with van der Waals surface area (Å²) in [5, 5.41) is 0. The topological polar surface area (TPSA) is 48.0 Å². The predicted molar refractivity (Wildman–Crippen MR) is 119 cm³/mol. The van der Waals surface area contributed by atoms with Gasteiger partial charge in [-0.1, -0.05) is 13.0 Å². The Labute approximate surface area is 186 Å². The van der Waals surface area contributed by atoms with Gasteiger partial charge in [0.05, 0.1) is 26.7 Å². The smallest absolute Gasteiger partial charge is 0.307 e. The Balaban J connectivity index is 1.23. The summed E-state index contributed by atoms with van der Waals surface area (Å²) in [6, 6.07) is 6.68. The lowest BCUT2D eigenvalue weighted by Crippen LogP contribution is -2.45. The van der Waals surface area contributed by atoms with Gasteiger partial charge in [0, 0.05) is 25.0 Å². The molecule has 5 heteroatoms. The molecule has 0 radical (unpaired) electrons. The molecule has 3 aliphatic carbocycles. The molecular weight excluding hydrogens is 390 g/mol. The molecule has 4 aliphatic rings. The van der Waals surface area contributed by atoms with Crippen LogP contribution in [0.1, 0.15) is 62.5 Å². The van der Waals surface area contributed by atoms with E-state index in [4.69, 9.17) is 14.2 Å². The first kappa shape index (κ1) is 21.3. The third-order valence-electron chi connectivity index (χ3n) is 8.86. The highest BCUT2D eigenvalue weighted by molar-refractivity contribution is 5.70. The number of hydrogen-bond donors (Lipinski definition) is 0. The van der Waals surface area contributed by atoms with Crippen molar-refractivity contribution in [1.29, 1.82) is 0 Å². The van der Waals surface area contributed by atoms with E-state index in [2.05, 4.69) is 30.0 Å². The quantitative estimate of drug-likeness (QED) is 0.660. The fourth-order valence-corrected chi connectivity index (χ4v) is 7.12. The lowest BCUT2D eigenvalue weighted by molar-refractivity contribution is -0.158. The van der Waals surface area contributed by atoms with Crippen molar-refractivity contribution in [2.45, 2.75) is 63.9 Å². The lowest BCUT2D eigenvalue weighted by atomic mass is 9.55. The molecule has 5 nitrogen and oxygen atoms in total. The summed E-state index contributed by atoms with van der Waals surface area (Å²) in [7, 11) is 1.75. The fourth-order valence-electron chi connectivity index (χ4n) is 7.12. The molecule has 3 fully saturated rings. The number of esters is 1. The first-order chi connectivity index (χ1) is 15.1. The zero-order chi connectivity index (χ0) is 21.4. The number of ether oxygens (including phenoxy) is 3. The minimum atomic E-state index is -0.0124. The second-order valence-electron chi connectivity index (χ2n) is 10.3. The standard InChI is InChI=1S/C26H37NO4/c1-26-11-9-21-20-6-4-19(29-2)17-18(20)3-5-22(21)23(26)7-8-24(26)31-25(28)10-12-27-13-15-30-16-14-27/h4,6,17,21-24H,3,5,7-16H2,1-2H3. The van der Waals surface area contributed by atoms with Gasteiger partial charge >= 0.3 is 5.97 Å². The van der Waals surface area contributed by atoms with E-state index in [1.165, 1.54) is 24.8 Å². The average molecular weight is 428 g/mol. The highest BCUT2D eigenvalue weighted by atomic mass is 16.5. The van der Waals surface area contributed by atoms with E-state index in [1.807, 2.05) is 0 Å². The number of rotatable bonds is 5. The maximum absolute atomic E-state index is 12.7. The van der Waals surface area contributed by atoms with E-state index in [9.17, 15) is 4.79 Å². The summed E-state index contributed by atoms with van der Waals surface area (Å²) in [6.07, 6.45) is 7.58. The van der Waals surface area contributed by atoms with Crippen molar-refractivity contribution >= 4 is 5.97 Å². The molecule has 1 heterocycles. The molecule has 170 valence electrons. The number of aryl methyl sites for hydroxylation is 1. The van der Waals surface area contributed by atoms with Crippen LogP contribution in [0, 0.1) is 17.3 Å². The van der Waals surface area contributed by atoms with Crippen LogP contribution in [0.5, 0.6) is 5.75 Å². The number of carbonyl (C=O) groups excluding carboxylic acids is 1. The minimum Gasteiger partial charge on any atom is -0.497 e. The van der Waals surface area contributed by atoms with Crippen LogP contribution in [0.2, 0.25) is 0 Å². The molecule has 1 aromatic carbocycles. The molecule has 31 heavy (non-hydrogen) atoms. The molecule has 0 N–H and O–H groups in total. The Morgan fingerprint density at radius 2 is 2.03 bits per heavy atom. The molecule has 0 spiro atoms. The zero-order valence-corrected chi connectivity index (χ0v) is 19.1. The third-order valence-corrected chi connectivity index (χ3v) is 8.86. The van der Waals surface area contributed by atoms with Crippen LogP contribution >= 0.6 is 0 Å². The van der Waals surface area contributed by atoms with Gasteiger partial charge in [0.1, 0.15) is 11.9 Å². The number of hydrogen-bond acceptors (Lipinski definition) is 5. The van der Waals surface area contributed by atoms with Gasteiger partial charge in [0.15, 0.2) is 0 Å². The molecule has 5 rings (SSSR count). The Hall–Kier alpha value is -1.59. The number of carbonyl (C=O) groups is 1. The SMILES string of the molecule is COc1ccc2c(c1)CCC1C2CCC2(C)C(OC(=O)CCN3CCOCC3)CCC12.